The second kappa shape index (κ2) is 7.48. The molecule has 2 heterocycles. The minimum absolute atomic E-state index is 0.115. The molecule has 7 nitrogen and oxygen atoms in total. The Labute approximate surface area is 160 Å². The molecule has 0 unspecified atom stereocenters. The molecule has 27 heavy (non-hydrogen) atoms. The van der Waals surface area contributed by atoms with Crippen LogP contribution in [0, 0.1) is 19.8 Å². The lowest BCUT2D eigenvalue weighted by Crippen LogP contribution is -2.42. The van der Waals surface area contributed by atoms with Gasteiger partial charge < -0.3 is 5.32 Å². The first kappa shape index (κ1) is 19.0. The summed E-state index contributed by atoms with van der Waals surface area (Å²) >= 11 is 1.10. The van der Waals surface area contributed by atoms with Crippen LogP contribution in [0.3, 0.4) is 0 Å². The van der Waals surface area contributed by atoms with Gasteiger partial charge in [-0.25, -0.2) is 4.79 Å². The van der Waals surface area contributed by atoms with Gasteiger partial charge in [-0.2, -0.15) is 4.37 Å². The average Bonchev–Trinajstić information content (AvgIpc) is 3.07. The number of benzene rings is 1. The van der Waals surface area contributed by atoms with E-state index in [0.717, 1.165) is 27.2 Å². The van der Waals surface area contributed by atoms with Crippen LogP contribution in [0.2, 0.25) is 0 Å². The molecule has 0 saturated carbocycles. The van der Waals surface area contributed by atoms with Crippen LogP contribution in [-0.4, -0.2) is 19.4 Å². The number of carbonyl (C=O) groups is 1. The van der Waals surface area contributed by atoms with E-state index in [9.17, 15) is 14.4 Å². The van der Waals surface area contributed by atoms with Gasteiger partial charge in [0.2, 0.25) is 5.91 Å². The number of aromatic nitrogens is 3. The normalized spacial score (nSPS) is 11.3. The lowest BCUT2D eigenvalue weighted by atomic mass is 10.1. The average molecular weight is 386 g/mol. The number of carbonyl (C=O) groups excluding carboxylic acids is 1. The van der Waals surface area contributed by atoms with Crippen LogP contribution in [0.15, 0.2) is 33.2 Å². The highest BCUT2D eigenvalue weighted by Gasteiger charge is 2.18. The number of aryl methyl sites for hydroxylation is 2. The van der Waals surface area contributed by atoms with Gasteiger partial charge in [0, 0.05) is 17.6 Å². The molecule has 3 aromatic rings. The Morgan fingerprint density at radius 3 is 2.63 bits per heavy atom. The van der Waals surface area contributed by atoms with E-state index in [1.165, 1.54) is 4.57 Å². The molecule has 1 N–H and O–H groups in total. The number of fused-ring (bicyclic) bond motifs is 1. The fourth-order valence-electron chi connectivity index (χ4n) is 3.00. The molecule has 0 aliphatic heterocycles. The van der Waals surface area contributed by atoms with Crippen molar-refractivity contribution in [1.82, 2.24) is 13.5 Å². The van der Waals surface area contributed by atoms with Crippen molar-refractivity contribution in [1.29, 1.82) is 0 Å². The minimum atomic E-state index is -0.489. The van der Waals surface area contributed by atoms with Crippen molar-refractivity contribution in [3.63, 3.8) is 0 Å². The van der Waals surface area contributed by atoms with Crippen LogP contribution < -0.4 is 16.6 Å². The van der Waals surface area contributed by atoms with E-state index in [2.05, 4.69) is 9.69 Å². The van der Waals surface area contributed by atoms with Crippen LogP contribution >= 0.6 is 11.5 Å². The number of nitrogens with one attached hydrogen (secondary N) is 1. The molecule has 0 bridgehead atoms. The first-order valence-electron chi connectivity index (χ1n) is 8.72. The lowest BCUT2D eigenvalue weighted by Gasteiger charge is -2.14. The fraction of sp³-hybridized carbons (Fsp3) is 0.368. The van der Waals surface area contributed by atoms with Gasteiger partial charge in [-0.15, -0.1) is 0 Å². The Kier molecular flexibility index (Phi) is 5.27. The Morgan fingerprint density at radius 2 is 1.96 bits per heavy atom. The van der Waals surface area contributed by atoms with E-state index in [1.54, 1.807) is 5.38 Å². The highest BCUT2D eigenvalue weighted by molar-refractivity contribution is 7.04. The van der Waals surface area contributed by atoms with Gasteiger partial charge in [0.25, 0.3) is 5.56 Å². The van der Waals surface area contributed by atoms with Crippen LogP contribution in [0.4, 0.5) is 5.69 Å². The molecular formula is C19H22N4O3S. The number of hydrogen-bond acceptors (Lipinski definition) is 5. The van der Waals surface area contributed by atoms with Crippen molar-refractivity contribution in [2.24, 2.45) is 5.92 Å². The number of rotatable bonds is 5. The quantitative estimate of drug-likeness (QED) is 0.730. The Morgan fingerprint density at radius 1 is 1.22 bits per heavy atom. The maximum atomic E-state index is 12.9. The third-order valence-corrected chi connectivity index (χ3v) is 4.87. The van der Waals surface area contributed by atoms with Gasteiger partial charge in [-0.3, -0.25) is 18.7 Å². The van der Waals surface area contributed by atoms with Crippen molar-refractivity contribution in [3.05, 3.63) is 55.5 Å². The Bertz CT molecular complexity index is 1120. The highest BCUT2D eigenvalue weighted by atomic mass is 32.1. The largest absolute Gasteiger partial charge is 0.332 e. The van der Waals surface area contributed by atoms with E-state index >= 15 is 0 Å². The highest BCUT2D eigenvalue weighted by Crippen LogP contribution is 2.16. The van der Waals surface area contributed by atoms with E-state index in [1.807, 2.05) is 45.9 Å². The standard InChI is InChI=1S/C19H22N4O3S/c1-11(2)8-23-18(25)17-15(10-27-21-17)22(19(23)26)9-16(24)20-14-6-5-12(3)7-13(14)4/h5-7,10-11H,8-9H2,1-4H3,(H,20,24). The topological polar surface area (TPSA) is 86.0 Å². The summed E-state index contributed by atoms with van der Waals surface area (Å²) in [7, 11) is 0. The van der Waals surface area contributed by atoms with Gasteiger partial charge in [-0.05, 0) is 42.9 Å². The summed E-state index contributed by atoms with van der Waals surface area (Å²) in [6.45, 7) is 7.85. The smallest absolute Gasteiger partial charge is 0.324 e. The number of hydrogen-bond donors (Lipinski definition) is 1. The van der Waals surface area contributed by atoms with Gasteiger partial charge >= 0.3 is 5.69 Å². The van der Waals surface area contributed by atoms with Crippen molar-refractivity contribution < 1.29 is 4.79 Å². The first-order chi connectivity index (χ1) is 12.8. The molecule has 0 spiro atoms. The van der Waals surface area contributed by atoms with Crippen molar-refractivity contribution in [3.8, 4) is 0 Å². The molecule has 0 aliphatic rings. The maximum absolute atomic E-state index is 12.9. The van der Waals surface area contributed by atoms with E-state index < -0.39 is 11.2 Å². The predicted molar refractivity (Wildman–Crippen MR) is 108 cm³/mol. The van der Waals surface area contributed by atoms with Gasteiger partial charge in [0.1, 0.15) is 6.54 Å². The van der Waals surface area contributed by atoms with Crippen molar-refractivity contribution in [2.45, 2.75) is 40.8 Å². The van der Waals surface area contributed by atoms with Crippen molar-refractivity contribution >= 4 is 34.2 Å². The molecule has 8 heteroatoms. The fourth-order valence-corrected chi connectivity index (χ4v) is 3.67. The molecule has 0 radical (unpaired) electrons. The van der Waals surface area contributed by atoms with Crippen LogP contribution in [-0.2, 0) is 17.9 Å². The zero-order chi connectivity index (χ0) is 19.7. The molecule has 0 atom stereocenters. The van der Waals surface area contributed by atoms with Gasteiger partial charge in [0.15, 0.2) is 5.52 Å². The lowest BCUT2D eigenvalue weighted by molar-refractivity contribution is -0.116. The molecule has 1 aromatic carbocycles. The zero-order valence-corrected chi connectivity index (χ0v) is 16.6. The maximum Gasteiger partial charge on any atom is 0.332 e. The Hall–Kier alpha value is -2.74. The molecule has 1 amide bonds. The predicted octanol–water partition coefficient (Wildman–Crippen LogP) is 2.53. The summed E-state index contributed by atoms with van der Waals surface area (Å²) < 4.78 is 6.60. The summed E-state index contributed by atoms with van der Waals surface area (Å²) in [5.41, 5.74) is 2.48. The van der Waals surface area contributed by atoms with Crippen LogP contribution in [0.25, 0.3) is 11.0 Å². The number of nitrogens with zero attached hydrogens (tertiary/aromatic N) is 3. The first-order valence-corrected chi connectivity index (χ1v) is 9.56. The second-order valence-electron chi connectivity index (χ2n) is 7.09. The summed E-state index contributed by atoms with van der Waals surface area (Å²) in [5.74, 6) is -0.213. The zero-order valence-electron chi connectivity index (χ0n) is 15.8. The third kappa shape index (κ3) is 3.85. The minimum Gasteiger partial charge on any atom is -0.324 e. The summed E-state index contributed by atoms with van der Waals surface area (Å²) in [6, 6.07) is 5.73. The van der Waals surface area contributed by atoms with E-state index in [0.29, 0.717) is 11.2 Å². The van der Waals surface area contributed by atoms with Gasteiger partial charge in [0.05, 0.1) is 5.52 Å². The molecule has 0 saturated heterocycles. The molecule has 0 fully saturated rings. The number of amides is 1. The van der Waals surface area contributed by atoms with Gasteiger partial charge in [-0.1, -0.05) is 31.5 Å². The SMILES string of the molecule is Cc1ccc(NC(=O)Cn2c(=O)n(CC(C)C)c(=O)c3nscc32)c(C)c1. The molecule has 3 rings (SSSR count). The number of anilines is 1. The molecular weight excluding hydrogens is 364 g/mol. The third-order valence-electron chi connectivity index (χ3n) is 4.26. The second-order valence-corrected chi connectivity index (χ2v) is 7.72. The monoisotopic (exact) mass is 386 g/mol. The van der Waals surface area contributed by atoms with Crippen LogP contribution in [0.1, 0.15) is 25.0 Å². The van der Waals surface area contributed by atoms with E-state index in [4.69, 9.17) is 0 Å². The molecule has 0 aliphatic carbocycles. The summed E-state index contributed by atoms with van der Waals surface area (Å²) in [5, 5.41) is 4.47. The van der Waals surface area contributed by atoms with Crippen molar-refractivity contribution in [2.75, 3.05) is 5.32 Å². The molecule has 2 aromatic heterocycles. The Balaban J connectivity index is 1.98. The van der Waals surface area contributed by atoms with Crippen LogP contribution in [0.5, 0.6) is 0 Å². The summed E-state index contributed by atoms with van der Waals surface area (Å²) in [4.78, 5) is 38.0. The summed E-state index contributed by atoms with van der Waals surface area (Å²) in [6.07, 6.45) is 0. The van der Waals surface area contributed by atoms with E-state index in [-0.39, 0.29) is 30.4 Å². The molecule has 142 valence electrons.